The van der Waals surface area contributed by atoms with Crippen LogP contribution in [0.3, 0.4) is 0 Å². The Balaban J connectivity index is 1.43. The molecular formula is C35H25ClF3N5O4S. The van der Waals surface area contributed by atoms with Gasteiger partial charge in [0, 0.05) is 50.2 Å². The van der Waals surface area contributed by atoms with Crippen molar-refractivity contribution in [3.05, 3.63) is 103 Å². The van der Waals surface area contributed by atoms with E-state index < -0.39 is 34.4 Å². The van der Waals surface area contributed by atoms with Crippen LogP contribution >= 0.6 is 22.9 Å². The number of rotatable bonds is 7. The Hall–Kier alpha value is -5.32. The average molecular weight is 704 g/mol. The summed E-state index contributed by atoms with van der Waals surface area (Å²) in [5.74, 6) is -0.588. The van der Waals surface area contributed by atoms with Crippen molar-refractivity contribution in [2.75, 3.05) is 6.61 Å². The van der Waals surface area contributed by atoms with Gasteiger partial charge in [-0.05, 0) is 69.7 Å². The van der Waals surface area contributed by atoms with Gasteiger partial charge < -0.3 is 9.84 Å². The number of thiophene rings is 1. The molecule has 6 rings (SSSR count). The van der Waals surface area contributed by atoms with Crippen molar-refractivity contribution in [3.8, 4) is 34.1 Å². The first-order valence-corrected chi connectivity index (χ1v) is 16.0. The lowest BCUT2D eigenvalue weighted by Gasteiger charge is -2.19. The number of carbonyl (C=O) groups is 1. The fourth-order valence-corrected chi connectivity index (χ4v) is 7.08. The van der Waals surface area contributed by atoms with Gasteiger partial charge in [0.15, 0.2) is 0 Å². The number of aromatic nitrogens is 4. The number of carboxylic acid groups (broad SMARTS) is 1. The highest BCUT2D eigenvalue weighted by Crippen LogP contribution is 2.43. The fraction of sp³-hybridized carbons (Fsp3) is 0.200. The molecule has 0 saturated carbocycles. The maximum atomic E-state index is 14.4. The molecule has 9 nitrogen and oxygen atoms in total. The van der Waals surface area contributed by atoms with E-state index in [1.54, 1.807) is 51.1 Å². The Kier molecular flexibility index (Phi) is 8.64. The molecule has 14 heteroatoms. The van der Waals surface area contributed by atoms with Crippen molar-refractivity contribution in [3.63, 3.8) is 0 Å². The van der Waals surface area contributed by atoms with E-state index in [1.165, 1.54) is 34.4 Å². The minimum atomic E-state index is -4.85. The van der Waals surface area contributed by atoms with Gasteiger partial charge in [-0.2, -0.15) is 18.4 Å². The fourth-order valence-electron chi connectivity index (χ4n) is 5.90. The summed E-state index contributed by atoms with van der Waals surface area (Å²) in [5, 5.41) is 21.6. The molecule has 0 amide bonds. The van der Waals surface area contributed by atoms with E-state index in [2.05, 4.69) is 15.0 Å². The summed E-state index contributed by atoms with van der Waals surface area (Å²) in [4.78, 5) is 38.7. The molecule has 0 radical (unpaired) electrons. The van der Waals surface area contributed by atoms with Crippen molar-refractivity contribution >= 4 is 50.0 Å². The third-order valence-electron chi connectivity index (χ3n) is 8.06. The highest BCUT2D eigenvalue weighted by atomic mass is 35.5. The molecule has 4 aromatic heterocycles. The van der Waals surface area contributed by atoms with Gasteiger partial charge in [-0.25, -0.2) is 9.78 Å². The molecule has 4 heterocycles. The molecule has 0 spiro atoms. The molecule has 2 aromatic carbocycles. The average Bonchev–Trinajstić information content (AvgIpc) is 3.46. The van der Waals surface area contributed by atoms with Gasteiger partial charge in [0.1, 0.15) is 24.3 Å². The number of carboxylic acids is 1. The molecule has 0 saturated heterocycles. The maximum Gasteiger partial charge on any atom is 0.417 e. The Bertz CT molecular complexity index is 2450. The van der Waals surface area contributed by atoms with Crippen LogP contribution < -0.4 is 10.3 Å². The number of halogens is 4. The Labute approximate surface area is 285 Å². The zero-order valence-electron chi connectivity index (χ0n) is 26.4. The van der Waals surface area contributed by atoms with Crippen LogP contribution in [0.4, 0.5) is 13.2 Å². The third-order valence-corrected chi connectivity index (χ3v) is 9.30. The number of aryl methyl sites for hydroxylation is 4. The van der Waals surface area contributed by atoms with Crippen LogP contribution in [0.5, 0.6) is 5.75 Å². The van der Waals surface area contributed by atoms with Crippen LogP contribution in [0.25, 0.3) is 43.4 Å². The predicted octanol–water partition coefficient (Wildman–Crippen LogP) is 8.29. The van der Waals surface area contributed by atoms with Gasteiger partial charge in [0.2, 0.25) is 0 Å². The molecule has 0 aliphatic heterocycles. The lowest BCUT2D eigenvalue weighted by atomic mass is 9.90. The number of nitrogens with zero attached hydrogens (tertiary/aromatic N) is 5. The number of pyridine rings is 2. The standard InChI is InChI=1S/C35H25ClF3N5O4S/c1-16-9-17(2)41-14-24(16)29-23(13-40)30-27(12-26(29)35(37,38)39)43-19(4)44(33(30)45)7-8-48-28-6-5-20(36)11-21(28)22-10-18(3)42-31-25(34(46)47)15-49-32(22)31/h5-6,9-12,14-15H,7-8H2,1-4H3,(H,46,47). The number of alkyl halides is 3. The summed E-state index contributed by atoms with van der Waals surface area (Å²) < 4.78 is 51.3. The first-order chi connectivity index (χ1) is 23.2. The summed E-state index contributed by atoms with van der Waals surface area (Å²) in [6.45, 7) is 6.42. The van der Waals surface area contributed by atoms with Gasteiger partial charge in [-0.1, -0.05) is 11.6 Å². The van der Waals surface area contributed by atoms with Crippen molar-refractivity contribution in [1.82, 2.24) is 19.5 Å². The molecule has 49 heavy (non-hydrogen) atoms. The van der Waals surface area contributed by atoms with Crippen molar-refractivity contribution < 1.29 is 27.8 Å². The number of benzene rings is 2. The SMILES string of the molecule is Cc1cc(C)c(-c2c(C(F)(F)F)cc3nc(C)n(CCOc4ccc(Cl)cc4-c4cc(C)nc5c(C(=O)O)csc45)c(=O)c3c2C#N)cn1. The molecular weight excluding hydrogens is 679 g/mol. The molecule has 1 N–H and O–H groups in total. The second-order valence-corrected chi connectivity index (χ2v) is 12.7. The zero-order valence-corrected chi connectivity index (χ0v) is 27.9. The lowest BCUT2D eigenvalue weighted by molar-refractivity contribution is -0.137. The van der Waals surface area contributed by atoms with Gasteiger partial charge in [-0.15, -0.1) is 11.3 Å². The van der Waals surface area contributed by atoms with E-state index in [1.807, 2.05) is 6.07 Å². The van der Waals surface area contributed by atoms with Crippen LogP contribution in [-0.2, 0) is 12.7 Å². The second kappa shape index (κ2) is 12.6. The largest absolute Gasteiger partial charge is 0.491 e. The Morgan fingerprint density at radius 1 is 1.06 bits per heavy atom. The second-order valence-electron chi connectivity index (χ2n) is 11.4. The van der Waals surface area contributed by atoms with Gasteiger partial charge >= 0.3 is 12.1 Å². The summed E-state index contributed by atoms with van der Waals surface area (Å²) >= 11 is 7.59. The van der Waals surface area contributed by atoms with Gasteiger partial charge in [0.25, 0.3) is 5.56 Å². The van der Waals surface area contributed by atoms with Crippen molar-refractivity contribution in [2.45, 2.75) is 40.4 Å². The van der Waals surface area contributed by atoms with E-state index in [0.717, 1.165) is 6.07 Å². The minimum Gasteiger partial charge on any atom is -0.491 e. The van der Waals surface area contributed by atoms with Crippen LogP contribution in [0.1, 0.15) is 44.3 Å². The summed E-state index contributed by atoms with van der Waals surface area (Å²) in [7, 11) is 0. The quantitative estimate of drug-likeness (QED) is 0.176. The highest BCUT2D eigenvalue weighted by molar-refractivity contribution is 7.18. The number of fused-ring (bicyclic) bond motifs is 2. The van der Waals surface area contributed by atoms with E-state index in [-0.39, 0.29) is 41.0 Å². The number of hydrogen-bond acceptors (Lipinski definition) is 8. The number of ether oxygens (including phenoxy) is 1. The summed E-state index contributed by atoms with van der Waals surface area (Å²) in [6.07, 6.45) is -3.57. The predicted molar refractivity (Wildman–Crippen MR) is 180 cm³/mol. The molecule has 0 fully saturated rings. The normalized spacial score (nSPS) is 11.7. The van der Waals surface area contributed by atoms with E-state index >= 15 is 0 Å². The molecule has 0 aliphatic carbocycles. The van der Waals surface area contributed by atoms with Crippen LogP contribution in [-0.4, -0.2) is 37.2 Å². The molecule has 0 bridgehead atoms. The van der Waals surface area contributed by atoms with Crippen molar-refractivity contribution in [1.29, 1.82) is 5.26 Å². The first-order valence-electron chi connectivity index (χ1n) is 14.7. The molecule has 0 atom stereocenters. The minimum absolute atomic E-state index is 0.0606. The lowest BCUT2D eigenvalue weighted by Crippen LogP contribution is -2.27. The molecule has 0 aliphatic rings. The van der Waals surface area contributed by atoms with Gasteiger partial charge in [-0.3, -0.25) is 19.3 Å². The van der Waals surface area contributed by atoms with E-state index in [9.17, 15) is 33.1 Å². The van der Waals surface area contributed by atoms with Crippen LogP contribution in [0, 0.1) is 39.0 Å². The number of nitriles is 1. The van der Waals surface area contributed by atoms with E-state index in [4.69, 9.17) is 16.3 Å². The smallest absolute Gasteiger partial charge is 0.417 e. The first kappa shape index (κ1) is 33.6. The topological polar surface area (TPSA) is 131 Å². The number of aromatic carboxylic acids is 1. The van der Waals surface area contributed by atoms with E-state index in [0.29, 0.717) is 49.1 Å². The van der Waals surface area contributed by atoms with Gasteiger partial charge in [0.05, 0.1) is 44.4 Å². The highest BCUT2D eigenvalue weighted by Gasteiger charge is 2.37. The molecule has 248 valence electrons. The Morgan fingerprint density at radius 3 is 2.49 bits per heavy atom. The summed E-state index contributed by atoms with van der Waals surface area (Å²) in [6, 6.07) is 11.0. The monoisotopic (exact) mass is 703 g/mol. The Morgan fingerprint density at radius 2 is 1.82 bits per heavy atom. The third kappa shape index (κ3) is 6.09. The maximum absolute atomic E-state index is 14.4. The molecule has 6 aromatic rings. The van der Waals surface area contributed by atoms with Crippen LogP contribution in [0.2, 0.25) is 5.02 Å². The molecule has 0 unspecified atom stereocenters. The summed E-state index contributed by atoms with van der Waals surface area (Å²) in [5.41, 5.74) is 0.441. The van der Waals surface area contributed by atoms with Crippen molar-refractivity contribution in [2.24, 2.45) is 0 Å². The van der Waals surface area contributed by atoms with Crippen LogP contribution in [0.15, 0.2) is 52.8 Å². The number of hydrogen-bond donors (Lipinski definition) is 1. The zero-order chi connectivity index (χ0) is 35.4.